The Hall–Kier alpha value is -1.72. The van der Waals surface area contributed by atoms with E-state index in [2.05, 4.69) is 37.7 Å². The molecule has 0 saturated heterocycles. The van der Waals surface area contributed by atoms with Gasteiger partial charge >= 0.3 is 5.97 Å². The molecule has 27 heavy (non-hydrogen) atoms. The number of aromatic nitrogens is 2. The lowest BCUT2D eigenvalue weighted by Gasteiger charge is -2.39. The number of hydrogen-bond donors (Lipinski definition) is 0. The van der Waals surface area contributed by atoms with E-state index in [4.69, 9.17) is 16.3 Å². The summed E-state index contributed by atoms with van der Waals surface area (Å²) in [5, 5.41) is 1.51. The van der Waals surface area contributed by atoms with Gasteiger partial charge in [-0.05, 0) is 50.1 Å². The van der Waals surface area contributed by atoms with E-state index in [9.17, 15) is 4.79 Å². The van der Waals surface area contributed by atoms with E-state index in [-0.39, 0.29) is 17.1 Å². The highest BCUT2D eigenvalue weighted by Crippen LogP contribution is 2.36. The minimum absolute atomic E-state index is 0.256. The summed E-state index contributed by atoms with van der Waals surface area (Å²) >= 11 is 6.74. The smallest absolute Gasteiger partial charge is 0.316 e. The van der Waals surface area contributed by atoms with E-state index < -0.39 is 13.5 Å². The third-order valence-corrected chi connectivity index (χ3v) is 11.4. The second-order valence-electron chi connectivity index (χ2n) is 8.50. The molecule has 146 valence electrons. The van der Waals surface area contributed by atoms with Crippen molar-refractivity contribution < 1.29 is 9.53 Å². The summed E-state index contributed by atoms with van der Waals surface area (Å²) in [6, 6.07) is 7.33. The molecule has 2 aromatic rings. The lowest BCUT2D eigenvalue weighted by molar-refractivity contribution is -0.142. The van der Waals surface area contributed by atoms with Gasteiger partial charge in [0.05, 0.1) is 5.41 Å². The Morgan fingerprint density at radius 1 is 1.04 bits per heavy atom. The van der Waals surface area contributed by atoms with E-state index in [1.54, 1.807) is 12.4 Å². The quantitative estimate of drug-likeness (QED) is 0.419. The fourth-order valence-corrected chi connectivity index (χ4v) is 9.61. The minimum atomic E-state index is -2.55. The second-order valence-corrected chi connectivity index (χ2v) is 13.9. The Labute approximate surface area is 168 Å². The van der Waals surface area contributed by atoms with Crippen molar-refractivity contribution in [2.75, 3.05) is 0 Å². The van der Waals surface area contributed by atoms with E-state index in [0.717, 1.165) is 10.6 Å². The molecule has 0 radical (unpaired) electrons. The zero-order chi connectivity index (χ0) is 20.4. The van der Waals surface area contributed by atoms with Crippen LogP contribution in [-0.2, 0) is 4.79 Å². The first kappa shape index (κ1) is 21.6. The lowest BCUT2D eigenvalue weighted by atomic mass is 9.97. The zero-order valence-corrected chi connectivity index (χ0v) is 19.0. The summed E-state index contributed by atoms with van der Waals surface area (Å²) < 4.78 is 5.87. The summed E-state index contributed by atoms with van der Waals surface area (Å²) in [4.78, 5) is 21.9. The first-order valence-electron chi connectivity index (χ1n) is 9.31. The molecule has 1 heterocycles. The van der Waals surface area contributed by atoms with Gasteiger partial charge in [0.1, 0.15) is 11.2 Å². The van der Waals surface area contributed by atoms with Crippen molar-refractivity contribution in [3.8, 4) is 5.75 Å². The first-order chi connectivity index (χ1) is 12.5. The SMILES string of the molecule is CC(C)[Si](c1ncccn1)(c1c(Cl)cccc1OC(=O)C(C)(C)C)C(C)C. The number of halogens is 1. The molecule has 0 aliphatic heterocycles. The fraction of sp³-hybridized carbons (Fsp3) is 0.476. The van der Waals surface area contributed by atoms with Crippen LogP contribution < -0.4 is 15.4 Å². The molecule has 0 aliphatic carbocycles. The molecule has 6 heteroatoms. The van der Waals surface area contributed by atoms with Gasteiger partial charge in [0.15, 0.2) is 8.07 Å². The van der Waals surface area contributed by atoms with Crippen molar-refractivity contribution in [2.45, 2.75) is 59.5 Å². The van der Waals surface area contributed by atoms with Gasteiger partial charge in [-0.3, -0.25) is 4.79 Å². The average molecular weight is 405 g/mol. The molecule has 0 saturated carbocycles. The molecule has 1 aromatic heterocycles. The standard InChI is InChI=1S/C21H29ClN2O2Si/c1-14(2)27(15(3)4,20-23-12-9-13-24-20)18-16(22)10-8-11-17(18)26-19(25)21(5,6)7/h8-15H,1-7H3. The van der Waals surface area contributed by atoms with E-state index in [1.165, 1.54) is 0 Å². The van der Waals surface area contributed by atoms with Crippen LogP contribution in [0.3, 0.4) is 0 Å². The highest BCUT2D eigenvalue weighted by Gasteiger charge is 2.49. The number of carbonyl (C=O) groups excluding carboxylic acids is 1. The molecular formula is C21H29ClN2O2Si. The van der Waals surface area contributed by atoms with Gasteiger partial charge in [-0.1, -0.05) is 45.4 Å². The van der Waals surface area contributed by atoms with Gasteiger partial charge in [-0.15, -0.1) is 0 Å². The van der Waals surface area contributed by atoms with Gasteiger partial charge in [0.2, 0.25) is 0 Å². The van der Waals surface area contributed by atoms with Crippen molar-refractivity contribution >= 4 is 36.3 Å². The molecule has 0 aliphatic rings. The second kappa shape index (κ2) is 8.11. The first-order valence-corrected chi connectivity index (χ1v) is 11.8. The van der Waals surface area contributed by atoms with Crippen LogP contribution in [0.15, 0.2) is 36.7 Å². The summed E-state index contributed by atoms with van der Waals surface area (Å²) in [6.45, 7) is 14.3. The van der Waals surface area contributed by atoms with Gasteiger partial charge in [0.25, 0.3) is 0 Å². The highest BCUT2D eigenvalue weighted by molar-refractivity contribution is 7.04. The molecule has 1 aromatic carbocycles. The molecule has 0 bridgehead atoms. The zero-order valence-electron chi connectivity index (χ0n) is 17.2. The van der Waals surface area contributed by atoms with Gasteiger partial charge in [0, 0.05) is 22.6 Å². The maximum absolute atomic E-state index is 12.6. The van der Waals surface area contributed by atoms with Crippen LogP contribution in [0, 0.1) is 5.41 Å². The van der Waals surface area contributed by atoms with Crippen molar-refractivity contribution in [1.82, 2.24) is 9.97 Å². The third-order valence-electron chi connectivity index (χ3n) is 4.96. The molecule has 0 spiro atoms. The molecule has 0 amide bonds. The Morgan fingerprint density at radius 2 is 1.59 bits per heavy atom. The van der Waals surface area contributed by atoms with E-state index >= 15 is 0 Å². The number of carbonyl (C=O) groups is 1. The summed E-state index contributed by atoms with van der Waals surface area (Å²) in [5.41, 5.74) is 0.720. The van der Waals surface area contributed by atoms with Crippen LogP contribution in [0.5, 0.6) is 5.75 Å². The molecule has 0 fully saturated rings. The van der Waals surface area contributed by atoms with Crippen LogP contribution in [-0.4, -0.2) is 24.0 Å². The Morgan fingerprint density at radius 3 is 2.07 bits per heavy atom. The average Bonchev–Trinajstić information content (AvgIpc) is 2.57. The van der Waals surface area contributed by atoms with Crippen LogP contribution >= 0.6 is 11.6 Å². The topological polar surface area (TPSA) is 52.1 Å². The largest absolute Gasteiger partial charge is 0.426 e. The highest BCUT2D eigenvalue weighted by atomic mass is 35.5. The number of ether oxygens (including phenoxy) is 1. The van der Waals surface area contributed by atoms with Crippen LogP contribution in [0.25, 0.3) is 0 Å². The van der Waals surface area contributed by atoms with Crippen molar-refractivity contribution in [1.29, 1.82) is 0 Å². The number of hydrogen-bond acceptors (Lipinski definition) is 4. The number of rotatable bonds is 5. The predicted molar refractivity (Wildman–Crippen MR) is 114 cm³/mol. The number of esters is 1. The molecule has 0 unspecified atom stereocenters. The molecule has 0 atom stereocenters. The van der Waals surface area contributed by atoms with Crippen molar-refractivity contribution in [3.05, 3.63) is 41.7 Å². The van der Waals surface area contributed by atoms with Crippen LogP contribution in [0.2, 0.25) is 16.1 Å². The monoisotopic (exact) mass is 404 g/mol. The normalized spacial score (nSPS) is 12.5. The van der Waals surface area contributed by atoms with Crippen molar-refractivity contribution in [3.63, 3.8) is 0 Å². The maximum atomic E-state index is 12.6. The van der Waals surface area contributed by atoms with Crippen molar-refractivity contribution in [2.24, 2.45) is 5.41 Å². The third kappa shape index (κ3) is 4.09. The van der Waals surface area contributed by atoms with Crippen LogP contribution in [0.4, 0.5) is 0 Å². The number of nitrogens with zero attached hydrogens (tertiary/aromatic N) is 2. The summed E-state index contributed by atoms with van der Waals surface area (Å²) in [7, 11) is -2.55. The molecule has 4 nitrogen and oxygen atoms in total. The predicted octanol–water partition coefficient (Wildman–Crippen LogP) is 4.46. The van der Waals surface area contributed by atoms with Gasteiger partial charge in [-0.25, -0.2) is 9.97 Å². The molecular weight excluding hydrogens is 376 g/mol. The molecule has 2 rings (SSSR count). The molecule has 0 N–H and O–H groups in total. The van der Waals surface area contributed by atoms with Gasteiger partial charge in [-0.2, -0.15) is 0 Å². The minimum Gasteiger partial charge on any atom is -0.426 e. The van der Waals surface area contributed by atoms with Gasteiger partial charge < -0.3 is 4.74 Å². The Kier molecular flexibility index (Phi) is 6.48. The maximum Gasteiger partial charge on any atom is 0.316 e. The Balaban J connectivity index is 2.79. The van der Waals surface area contributed by atoms with Crippen LogP contribution in [0.1, 0.15) is 48.5 Å². The number of benzene rings is 1. The lowest BCUT2D eigenvalue weighted by Crippen LogP contribution is -2.65. The van der Waals surface area contributed by atoms with E-state index in [0.29, 0.717) is 10.8 Å². The summed E-state index contributed by atoms with van der Waals surface area (Å²) in [6.07, 6.45) is 3.54. The fourth-order valence-electron chi connectivity index (χ4n) is 3.63. The van der Waals surface area contributed by atoms with E-state index in [1.807, 2.05) is 45.0 Å². The summed E-state index contributed by atoms with van der Waals surface area (Å²) in [5.74, 6) is 0.249. The Bertz CT molecular complexity index is 794.